The number of carbonyl (C=O) groups is 1. The third-order valence-electron chi connectivity index (χ3n) is 3.42. The van der Waals surface area contributed by atoms with E-state index in [0.29, 0.717) is 12.2 Å². The van der Waals surface area contributed by atoms with Crippen LogP contribution in [-0.2, 0) is 4.79 Å². The molecule has 0 aliphatic carbocycles. The van der Waals surface area contributed by atoms with Gasteiger partial charge in [0.1, 0.15) is 23.9 Å². The molecular formula is C14H10ClFN4O3. The van der Waals surface area contributed by atoms with Crippen LogP contribution in [0.4, 0.5) is 21.6 Å². The van der Waals surface area contributed by atoms with Gasteiger partial charge in [0, 0.05) is 11.8 Å². The Bertz CT molecular complexity index is 784. The van der Waals surface area contributed by atoms with Gasteiger partial charge in [0.2, 0.25) is 0 Å². The van der Waals surface area contributed by atoms with Crippen LogP contribution in [0.15, 0.2) is 36.5 Å². The second-order valence-corrected chi connectivity index (χ2v) is 5.31. The molecule has 1 unspecified atom stereocenters. The number of nitrogens with zero attached hydrogens (tertiary/aromatic N) is 3. The van der Waals surface area contributed by atoms with E-state index in [2.05, 4.69) is 10.3 Å². The molecule has 0 radical (unpaired) electrons. The quantitative estimate of drug-likeness (QED) is 0.526. The van der Waals surface area contributed by atoms with Crippen molar-refractivity contribution in [3.63, 3.8) is 0 Å². The molecule has 1 atom stereocenters. The van der Waals surface area contributed by atoms with Gasteiger partial charge in [0.05, 0.1) is 16.5 Å². The van der Waals surface area contributed by atoms with Gasteiger partial charge in [-0.25, -0.2) is 9.37 Å². The second kappa shape index (κ2) is 5.81. The highest BCUT2D eigenvalue weighted by Crippen LogP contribution is 2.28. The first-order valence-electron chi connectivity index (χ1n) is 6.59. The van der Waals surface area contributed by atoms with E-state index in [1.54, 1.807) is 0 Å². The molecule has 1 aromatic heterocycles. The summed E-state index contributed by atoms with van der Waals surface area (Å²) >= 11 is 5.92. The van der Waals surface area contributed by atoms with E-state index in [-0.39, 0.29) is 28.3 Å². The van der Waals surface area contributed by atoms with Crippen molar-refractivity contribution in [3.05, 3.63) is 57.5 Å². The van der Waals surface area contributed by atoms with Crippen LogP contribution in [0.5, 0.6) is 0 Å². The summed E-state index contributed by atoms with van der Waals surface area (Å²) in [5, 5.41) is 13.5. The number of benzene rings is 1. The fraction of sp³-hybridized carbons (Fsp3) is 0.143. The lowest BCUT2D eigenvalue weighted by molar-refractivity contribution is -0.385. The van der Waals surface area contributed by atoms with Crippen molar-refractivity contribution in [2.24, 2.45) is 0 Å². The molecule has 2 heterocycles. The number of β-lactam (4-membered cyclic amide) rings is 1. The maximum absolute atomic E-state index is 12.9. The zero-order valence-corrected chi connectivity index (χ0v) is 12.3. The van der Waals surface area contributed by atoms with Gasteiger partial charge in [0.15, 0.2) is 0 Å². The molecule has 9 heteroatoms. The van der Waals surface area contributed by atoms with Crippen LogP contribution < -0.4 is 10.2 Å². The number of pyridine rings is 1. The van der Waals surface area contributed by atoms with Crippen LogP contribution in [0.25, 0.3) is 0 Å². The van der Waals surface area contributed by atoms with Crippen molar-refractivity contribution in [2.45, 2.75) is 6.04 Å². The zero-order chi connectivity index (χ0) is 16.6. The van der Waals surface area contributed by atoms with Crippen LogP contribution in [0, 0.1) is 15.9 Å². The molecular weight excluding hydrogens is 327 g/mol. The molecule has 1 aliphatic rings. The number of anilines is 2. The van der Waals surface area contributed by atoms with Crippen molar-refractivity contribution in [3.8, 4) is 0 Å². The van der Waals surface area contributed by atoms with E-state index < -0.39 is 11.0 Å². The number of amides is 1. The normalized spacial score (nSPS) is 16.9. The Balaban J connectivity index is 1.68. The van der Waals surface area contributed by atoms with E-state index in [4.69, 9.17) is 11.6 Å². The summed E-state index contributed by atoms with van der Waals surface area (Å²) < 4.78 is 12.9. The smallest absolute Gasteiger partial charge is 0.289 e. The summed E-state index contributed by atoms with van der Waals surface area (Å²) in [7, 11) is 0. The molecule has 0 bridgehead atoms. The Kier molecular flexibility index (Phi) is 3.83. The van der Waals surface area contributed by atoms with Gasteiger partial charge in [-0.05, 0) is 24.3 Å². The third kappa shape index (κ3) is 2.93. The van der Waals surface area contributed by atoms with Crippen molar-refractivity contribution in [1.82, 2.24) is 4.98 Å². The van der Waals surface area contributed by atoms with Crippen LogP contribution in [-0.4, -0.2) is 28.4 Å². The molecule has 23 heavy (non-hydrogen) atoms. The first-order chi connectivity index (χ1) is 11.0. The molecule has 2 aromatic rings. The molecule has 1 amide bonds. The Labute approximate surface area is 134 Å². The van der Waals surface area contributed by atoms with E-state index in [0.717, 1.165) is 12.3 Å². The average Bonchev–Trinajstić information content (AvgIpc) is 2.53. The highest BCUT2D eigenvalue weighted by molar-refractivity contribution is 6.33. The van der Waals surface area contributed by atoms with E-state index in [9.17, 15) is 19.3 Å². The molecule has 1 saturated heterocycles. The summed E-state index contributed by atoms with van der Waals surface area (Å²) in [6.07, 6.45) is 1.06. The topological polar surface area (TPSA) is 88.4 Å². The Hall–Kier alpha value is -2.74. The highest BCUT2D eigenvalue weighted by Gasteiger charge is 2.38. The third-order valence-corrected chi connectivity index (χ3v) is 3.70. The number of carbonyl (C=O) groups excluding carboxylic acids is 1. The van der Waals surface area contributed by atoms with Gasteiger partial charge >= 0.3 is 0 Å². The molecule has 1 aromatic carbocycles. The van der Waals surface area contributed by atoms with Crippen LogP contribution in [0.1, 0.15) is 0 Å². The number of nitro groups is 1. The van der Waals surface area contributed by atoms with Gasteiger partial charge in [-0.15, -0.1) is 0 Å². The van der Waals surface area contributed by atoms with Gasteiger partial charge < -0.3 is 10.2 Å². The minimum absolute atomic E-state index is 0.0623. The van der Waals surface area contributed by atoms with E-state index in [1.165, 1.54) is 29.2 Å². The van der Waals surface area contributed by atoms with E-state index in [1.807, 2.05) is 0 Å². The Morgan fingerprint density at radius 1 is 1.39 bits per heavy atom. The summed E-state index contributed by atoms with van der Waals surface area (Å²) in [5.41, 5.74) is 0.366. The molecule has 0 saturated carbocycles. The van der Waals surface area contributed by atoms with Crippen molar-refractivity contribution in [2.75, 3.05) is 16.8 Å². The van der Waals surface area contributed by atoms with Gasteiger partial charge in [0.25, 0.3) is 11.6 Å². The molecule has 7 nitrogen and oxygen atoms in total. The largest absolute Gasteiger partial charge is 0.356 e. The lowest BCUT2D eigenvalue weighted by Crippen LogP contribution is -2.60. The van der Waals surface area contributed by atoms with Gasteiger partial charge in [-0.3, -0.25) is 14.9 Å². The molecule has 3 rings (SSSR count). The summed E-state index contributed by atoms with van der Waals surface area (Å²) in [5.74, 6) is -0.388. The maximum Gasteiger partial charge on any atom is 0.289 e. The summed E-state index contributed by atoms with van der Waals surface area (Å²) in [6, 6.07) is 6.21. The predicted molar refractivity (Wildman–Crippen MR) is 82.1 cm³/mol. The van der Waals surface area contributed by atoms with Crippen LogP contribution in [0.2, 0.25) is 5.02 Å². The van der Waals surface area contributed by atoms with Gasteiger partial charge in [-0.2, -0.15) is 0 Å². The molecule has 1 fully saturated rings. The number of nitrogens with one attached hydrogen (secondary N) is 1. The molecule has 1 aliphatic heterocycles. The standard InChI is InChI=1S/C14H10ClFN4O3/c15-11-5-10(20(22)23)6-17-13(11)18-12-7-19(14(12)21)9-3-1-8(16)2-4-9/h1-6,12H,7H2,(H,17,18). The SMILES string of the molecule is O=C1C(Nc2ncc([N+](=O)[O-])cc2Cl)CN1c1ccc(F)cc1. The Morgan fingerprint density at radius 2 is 2.09 bits per heavy atom. The monoisotopic (exact) mass is 336 g/mol. The lowest BCUT2D eigenvalue weighted by atomic mass is 10.1. The number of hydrogen-bond acceptors (Lipinski definition) is 5. The number of aromatic nitrogens is 1. The van der Waals surface area contributed by atoms with Crippen LogP contribution >= 0.6 is 11.6 Å². The minimum Gasteiger partial charge on any atom is -0.356 e. The van der Waals surface area contributed by atoms with Crippen molar-refractivity contribution < 1.29 is 14.1 Å². The molecule has 118 valence electrons. The number of halogens is 2. The van der Waals surface area contributed by atoms with Crippen molar-refractivity contribution >= 4 is 34.7 Å². The summed E-state index contributed by atoms with van der Waals surface area (Å²) in [4.78, 5) is 27.5. The number of rotatable bonds is 4. The van der Waals surface area contributed by atoms with E-state index >= 15 is 0 Å². The fourth-order valence-corrected chi connectivity index (χ4v) is 2.40. The number of hydrogen-bond donors (Lipinski definition) is 1. The Morgan fingerprint density at radius 3 is 2.65 bits per heavy atom. The zero-order valence-electron chi connectivity index (χ0n) is 11.6. The molecule has 0 spiro atoms. The fourth-order valence-electron chi connectivity index (χ4n) is 2.19. The first-order valence-corrected chi connectivity index (χ1v) is 6.97. The molecule has 1 N–H and O–H groups in total. The second-order valence-electron chi connectivity index (χ2n) is 4.90. The van der Waals surface area contributed by atoms with Gasteiger partial charge in [-0.1, -0.05) is 11.6 Å². The van der Waals surface area contributed by atoms with Crippen molar-refractivity contribution in [1.29, 1.82) is 0 Å². The first kappa shape index (κ1) is 15.2. The maximum atomic E-state index is 12.9. The predicted octanol–water partition coefficient (Wildman–Crippen LogP) is 2.61. The minimum atomic E-state index is -0.604. The van der Waals surface area contributed by atoms with Crippen LogP contribution in [0.3, 0.4) is 0 Å². The lowest BCUT2D eigenvalue weighted by Gasteiger charge is -2.38. The highest BCUT2D eigenvalue weighted by atomic mass is 35.5. The average molecular weight is 337 g/mol. The summed E-state index contributed by atoms with van der Waals surface area (Å²) in [6.45, 7) is 0.361.